The molecule has 0 saturated heterocycles. The summed E-state index contributed by atoms with van der Waals surface area (Å²) in [6.45, 7) is 3.91. The monoisotopic (exact) mass is 270 g/mol. The molecule has 1 aromatic carbocycles. The van der Waals surface area contributed by atoms with Gasteiger partial charge in [0, 0.05) is 0 Å². The zero-order chi connectivity index (χ0) is 14.0. The Labute approximate surface area is 116 Å². The Balaban J connectivity index is 2.64. The first-order valence-electron chi connectivity index (χ1n) is 5.77. The molecule has 1 aromatic heterocycles. The standard InChI is InChI=1S/C14H11ClN4/c1-9(2)13-12(8-17)14(15)19(18-13)11-5-3-4-10(6-11)7-16/h3-6,9H,1-2H3. The van der Waals surface area contributed by atoms with Crippen LogP contribution in [0, 0.1) is 22.7 Å². The molecule has 1 heterocycles. The van der Waals surface area contributed by atoms with Gasteiger partial charge in [-0.05, 0) is 24.1 Å². The largest absolute Gasteiger partial charge is 0.220 e. The summed E-state index contributed by atoms with van der Waals surface area (Å²) in [4.78, 5) is 0. The van der Waals surface area contributed by atoms with Crippen LogP contribution in [0.25, 0.3) is 5.69 Å². The zero-order valence-corrected chi connectivity index (χ0v) is 11.3. The molecule has 2 rings (SSSR count). The molecule has 0 radical (unpaired) electrons. The molecule has 2 aromatic rings. The van der Waals surface area contributed by atoms with Crippen LogP contribution in [0.3, 0.4) is 0 Å². The first-order valence-corrected chi connectivity index (χ1v) is 6.15. The molecule has 0 fully saturated rings. The molecule has 0 aliphatic carbocycles. The van der Waals surface area contributed by atoms with Crippen molar-refractivity contribution in [3.63, 3.8) is 0 Å². The van der Waals surface area contributed by atoms with E-state index >= 15 is 0 Å². The Bertz CT molecular complexity index is 701. The number of rotatable bonds is 2. The van der Waals surface area contributed by atoms with Crippen LogP contribution in [-0.4, -0.2) is 9.78 Å². The Morgan fingerprint density at radius 2 is 2.00 bits per heavy atom. The molecule has 0 N–H and O–H groups in total. The molecule has 4 nitrogen and oxygen atoms in total. The normalized spacial score (nSPS) is 10.2. The van der Waals surface area contributed by atoms with Crippen molar-refractivity contribution >= 4 is 11.6 Å². The van der Waals surface area contributed by atoms with Crippen molar-refractivity contribution in [1.82, 2.24) is 9.78 Å². The number of nitrogens with zero attached hydrogens (tertiary/aromatic N) is 4. The summed E-state index contributed by atoms with van der Waals surface area (Å²) < 4.78 is 1.50. The second kappa shape index (κ2) is 5.14. The second-order valence-corrected chi connectivity index (χ2v) is 4.75. The van der Waals surface area contributed by atoms with Crippen molar-refractivity contribution in [2.45, 2.75) is 19.8 Å². The maximum atomic E-state index is 9.17. The molecule has 94 valence electrons. The van der Waals surface area contributed by atoms with Gasteiger partial charge in [0.1, 0.15) is 11.6 Å². The molecule has 0 aliphatic heterocycles. The number of halogens is 1. The quantitative estimate of drug-likeness (QED) is 0.840. The summed E-state index contributed by atoms with van der Waals surface area (Å²) in [6.07, 6.45) is 0. The molecular weight excluding hydrogens is 260 g/mol. The number of hydrogen-bond donors (Lipinski definition) is 0. The SMILES string of the molecule is CC(C)c1nn(-c2cccc(C#N)c2)c(Cl)c1C#N. The molecule has 0 bridgehead atoms. The van der Waals surface area contributed by atoms with E-state index in [0.29, 0.717) is 22.5 Å². The minimum Gasteiger partial charge on any atom is -0.220 e. The van der Waals surface area contributed by atoms with E-state index in [1.165, 1.54) is 4.68 Å². The fraction of sp³-hybridized carbons (Fsp3) is 0.214. The van der Waals surface area contributed by atoms with Crippen LogP contribution >= 0.6 is 11.6 Å². The maximum absolute atomic E-state index is 9.17. The fourth-order valence-corrected chi connectivity index (χ4v) is 2.07. The van der Waals surface area contributed by atoms with E-state index in [-0.39, 0.29) is 11.1 Å². The molecule has 0 saturated carbocycles. The molecule has 0 spiro atoms. The van der Waals surface area contributed by atoms with Gasteiger partial charge in [0.15, 0.2) is 5.15 Å². The molecule has 5 heteroatoms. The molecule has 0 amide bonds. The number of benzene rings is 1. The first-order chi connectivity index (χ1) is 9.08. The average Bonchev–Trinajstić information content (AvgIpc) is 2.76. The van der Waals surface area contributed by atoms with Crippen molar-refractivity contribution < 1.29 is 0 Å². The lowest BCUT2D eigenvalue weighted by Gasteiger charge is -2.03. The van der Waals surface area contributed by atoms with Gasteiger partial charge in [-0.3, -0.25) is 0 Å². The van der Waals surface area contributed by atoms with Crippen LogP contribution < -0.4 is 0 Å². The smallest absolute Gasteiger partial charge is 0.150 e. The minimum absolute atomic E-state index is 0.104. The molecule has 19 heavy (non-hydrogen) atoms. The van der Waals surface area contributed by atoms with Crippen molar-refractivity contribution in [3.8, 4) is 17.8 Å². The lowest BCUT2D eigenvalue weighted by atomic mass is 10.1. The summed E-state index contributed by atoms with van der Waals surface area (Å²) in [5.74, 6) is 0.104. The van der Waals surface area contributed by atoms with Gasteiger partial charge in [0.2, 0.25) is 0 Å². The number of hydrogen-bond acceptors (Lipinski definition) is 3. The average molecular weight is 271 g/mol. The Kier molecular flexibility index (Phi) is 3.55. The van der Waals surface area contributed by atoms with Crippen molar-refractivity contribution in [1.29, 1.82) is 10.5 Å². The molecule has 0 aliphatic rings. The fourth-order valence-electron chi connectivity index (χ4n) is 1.80. The summed E-state index contributed by atoms with van der Waals surface area (Å²) in [6, 6.07) is 11.1. The van der Waals surface area contributed by atoms with Crippen LogP contribution in [0.2, 0.25) is 5.15 Å². The van der Waals surface area contributed by atoms with Gasteiger partial charge in [-0.1, -0.05) is 31.5 Å². The Morgan fingerprint density at radius 1 is 1.26 bits per heavy atom. The highest BCUT2D eigenvalue weighted by molar-refractivity contribution is 6.31. The predicted octanol–water partition coefficient (Wildman–Crippen LogP) is 3.39. The van der Waals surface area contributed by atoms with E-state index in [1.807, 2.05) is 13.8 Å². The maximum Gasteiger partial charge on any atom is 0.150 e. The van der Waals surface area contributed by atoms with Crippen molar-refractivity contribution in [2.75, 3.05) is 0 Å². The van der Waals surface area contributed by atoms with E-state index in [2.05, 4.69) is 17.2 Å². The third-order valence-electron chi connectivity index (χ3n) is 2.73. The van der Waals surface area contributed by atoms with E-state index in [4.69, 9.17) is 22.1 Å². The molecule has 0 atom stereocenters. The molecular formula is C14H11ClN4. The summed E-state index contributed by atoms with van der Waals surface area (Å²) >= 11 is 6.20. The van der Waals surface area contributed by atoms with Gasteiger partial charge in [-0.25, -0.2) is 4.68 Å². The van der Waals surface area contributed by atoms with Crippen LogP contribution in [0.1, 0.15) is 36.6 Å². The van der Waals surface area contributed by atoms with Gasteiger partial charge in [0.05, 0.1) is 23.0 Å². The Morgan fingerprint density at radius 3 is 2.53 bits per heavy atom. The number of aromatic nitrogens is 2. The molecule has 0 unspecified atom stereocenters. The first kappa shape index (κ1) is 13.1. The summed E-state index contributed by atoms with van der Waals surface area (Å²) in [5, 5.41) is 22.7. The van der Waals surface area contributed by atoms with Crippen LogP contribution in [0.15, 0.2) is 24.3 Å². The van der Waals surface area contributed by atoms with Crippen molar-refractivity contribution in [2.24, 2.45) is 0 Å². The van der Waals surface area contributed by atoms with Crippen molar-refractivity contribution in [3.05, 3.63) is 46.2 Å². The predicted molar refractivity (Wildman–Crippen MR) is 72.1 cm³/mol. The van der Waals surface area contributed by atoms with E-state index in [1.54, 1.807) is 24.3 Å². The lowest BCUT2D eigenvalue weighted by Crippen LogP contribution is -1.98. The Hall–Kier alpha value is -2.30. The highest BCUT2D eigenvalue weighted by Crippen LogP contribution is 2.27. The van der Waals surface area contributed by atoms with E-state index in [9.17, 15) is 0 Å². The zero-order valence-electron chi connectivity index (χ0n) is 10.6. The number of nitriles is 2. The highest BCUT2D eigenvalue weighted by atomic mass is 35.5. The van der Waals surface area contributed by atoms with Gasteiger partial charge in [-0.15, -0.1) is 0 Å². The summed E-state index contributed by atoms with van der Waals surface area (Å²) in [5.41, 5.74) is 2.25. The van der Waals surface area contributed by atoms with Crippen LogP contribution in [0.5, 0.6) is 0 Å². The van der Waals surface area contributed by atoms with Gasteiger partial charge >= 0.3 is 0 Å². The minimum atomic E-state index is 0.104. The third-order valence-corrected chi connectivity index (χ3v) is 3.08. The van der Waals surface area contributed by atoms with Gasteiger partial charge < -0.3 is 0 Å². The van der Waals surface area contributed by atoms with Gasteiger partial charge in [-0.2, -0.15) is 15.6 Å². The van der Waals surface area contributed by atoms with Crippen LogP contribution in [0.4, 0.5) is 0 Å². The van der Waals surface area contributed by atoms with Gasteiger partial charge in [0.25, 0.3) is 0 Å². The van der Waals surface area contributed by atoms with E-state index in [0.717, 1.165) is 0 Å². The van der Waals surface area contributed by atoms with E-state index < -0.39 is 0 Å². The third kappa shape index (κ3) is 2.31. The highest BCUT2D eigenvalue weighted by Gasteiger charge is 2.19. The summed E-state index contributed by atoms with van der Waals surface area (Å²) in [7, 11) is 0. The lowest BCUT2D eigenvalue weighted by molar-refractivity contribution is 0.767. The second-order valence-electron chi connectivity index (χ2n) is 4.39. The topological polar surface area (TPSA) is 65.4 Å². The van der Waals surface area contributed by atoms with Crippen LogP contribution in [-0.2, 0) is 0 Å².